The van der Waals surface area contributed by atoms with Gasteiger partial charge in [0.2, 0.25) is 0 Å². The number of pyridine rings is 1. The van der Waals surface area contributed by atoms with E-state index in [0.29, 0.717) is 12.5 Å². The van der Waals surface area contributed by atoms with Crippen LogP contribution in [0.4, 0.5) is 5.69 Å². The van der Waals surface area contributed by atoms with Crippen LogP contribution in [0.15, 0.2) is 34.9 Å². The topological polar surface area (TPSA) is 53.4 Å². The molecule has 21 heavy (non-hydrogen) atoms. The van der Waals surface area contributed by atoms with Gasteiger partial charge < -0.3 is 10.0 Å². The summed E-state index contributed by atoms with van der Waals surface area (Å²) in [4.78, 5) is 17.9. The summed E-state index contributed by atoms with van der Waals surface area (Å²) in [5, 5.41) is 10.4. The summed E-state index contributed by atoms with van der Waals surface area (Å²) in [5.41, 5.74) is 2.00. The van der Waals surface area contributed by atoms with Gasteiger partial charge in [-0.1, -0.05) is 22.9 Å². The van der Waals surface area contributed by atoms with Gasteiger partial charge in [-0.3, -0.25) is 9.78 Å². The summed E-state index contributed by atoms with van der Waals surface area (Å²) in [6.45, 7) is 3.56. The number of piperidine rings is 1. The lowest BCUT2D eigenvalue weighted by atomic mass is 9.90. The highest BCUT2D eigenvalue weighted by Crippen LogP contribution is 2.32. The minimum absolute atomic E-state index is 0.302. The zero-order valence-corrected chi connectivity index (χ0v) is 13.4. The van der Waals surface area contributed by atoms with Crippen molar-refractivity contribution in [2.75, 3.05) is 18.0 Å². The molecule has 1 saturated heterocycles. The molecule has 0 bridgehead atoms. The minimum atomic E-state index is -0.703. The Morgan fingerprint density at radius 2 is 2.19 bits per heavy atom. The van der Waals surface area contributed by atoms with Gasteiger partial charge in [-0.2, -0.15) is 0 Å². The number of anilines is 1. The van der Waals surface area contributed by atoms with Crippen LogP contribution >= 0.6 is 15.9 Å². The van der Waals surface area contributed by atoms with E-state index in [1.54, 1.807) is 6.20 Å². The van der Waals surface area contributed by atoms with E-state index < -0.39 is 5.97 Å². The number of benzene rings is 1. The lowest BCUT2D eigenvalue weighted by molar-refractivity contribution is -0.142. The maximum Gasteiger partial charge on any atom is 0.308 e. The van der Waals surface area contributed by atoms with Crippen LogP contribution in [-0.2, 0) is 4.79 Å². The number of rotatable bonds is 2. The lowest BCUT2D eigenvalue weighted by Gasteiger charge is -2.36. The average molecular weight is 349 g/mol. The average Bonchev–Trinajstić information content (AvgIpc) is 2.45. The first kappa shape index (κ1) is 14.3. The fourth-order valence-corrected chi connectivity index (χ4v) is 3.47. The summed E-state index contributed by atoms with van der Waals surface area (Å²) in [7, 11) is 0. The smallest absolute Gasteiger partial charge is 0.308 e. The first-order chi connectivity index (χ1) is 10.0. The predicted molar refractivity (Wildman–Crippen MR) is 86.6 cm³/mol. The molecule has 1 aliphatic rings. The molecule has 4 nitrogen and oxygen atoms in total. The Morgan fingerprint density at radius 1 is 1.38 bits per heavy atom. The van der Waals surface area contributed by atoms with Crippen LogP contribution in [0.1, 0.15) is 13.3 Å². The van der Waals surface area contributed by atoms with Crippen LogP contribution in [0, 0.1) is 11.8 Å². The van der Waals surface area contributed by atoms with Crippen molar-refractivity contribution >= 4 is 38.5 Å². The number of carboxylic acids is 1. The molecule has 1 N–H and O–H groups in total. The number of carboxylic acid groups (broad SMARTS) is 1. The van der Waals surface area contributed by atoms with Gasteiger partial charge >= 0.3 is 5.97 Å². The molecular formula is C16H17BrN2O2. The zero-order chi connectivity index (χ0) is 15.0. The second kappa shape index (κ2) is 5.64. The molecule has 0 aliphatic carbocycles. The van der Waals surface area contributed by atoms with Crippen LogP contribution in [-0.4, -0.2) is 29.1 Å². The van der Waals surface area contributed by atoms with Crippen LogP contribution in [0.5, 0.6) is 0 Å². The maximum absolute atomic E-state index is 11.3. The molecule has 0 saturated carbocycles. The Morgan fingerprint density at radius 3 is 2.95 bits per heavy atom. The van der Waals surface area contributed by atoms with E-state index in [4.69, 9.17) is 0 Å². The molecule has 1 aliphatic heterocycles. The van der Waals surface area contributed by atoms with Crippen molar-refractivity contribution in [3.8, 4) is 0 Å². The third kappa shape index (κ3) is 2.88. The van der Waals surface area contributed by atoms with Gasteiger partial charge in [0.05, 0.1) is 11.4 Å². The number of hydrogen-bond donors (Lipinski definition) is 1. The summed E-state index contributed by atoms with van der Waals surface area (Å²) in [6, 6.07) is 7.97. The van der Waals surface area contributed by atoms with Gasteiger partial charge in [-0.15, -0.1) is 0 Å². The van der Waals surface area contributed by atoms with Crippen molar-refractivity contribution in [2.45, 2.75) is 13.3 Å². The molecule has 5 heteroatoms. The summed E-state index contributed by atoms with van der Waals surface area (Å²) < 4.78 is 1.00. The normalized spacial score (nSPS) is 22.5. The maximum atomic E-state index is 11.3. The standard InChI is InChI=1S/C16H17BrN2O2/c1-10-6-11(16(20)21)9-19(8-10)15-4-5-18-14-3-2-12(17)7-13(14)15/h2-5,7,10-11H,6,8-9H2,1H3,(H,20,21). The highest BCUT2D eigenvalue weighted by atomic mass is 79.9. The highest BCUT2D eigenvalue weighted by molar-refractivity contribution is 9.10. The van der Waals surface area contributed by atoms with Crippen molar-refractivity contribution in [2.24, 2.45) is 11.8 Å². The van der Waals surface area contributed by atoms with Crippen molar-refractivity contribution in [1.82, 2.24) is 4.98 Å². The second-order valence-corrected chi connectivity index (χ2v) is 6.69. The summed E-state index contributed by atoms with van der Waals surface area (Å²) in [5.74, 6) is -0.634. The molecule has 0 amide bonds. The molecule has 2 aromatic rings. The second-order valence-electron chi connectivity index (χ2n) is 5.77. The summed E-state index contributed by atoms with van der Waals surface area (Å²) >= 11 is 3.50. The Hall–Kier alpha value is -1.62. The fraction of sp³-hybridized carbons (Fsp3) is 0.375. The van der Waals surface area contributed by atoms with Gasteiger partial charge in [0.1, 0.15) is 0 Å². The molecular weight excluding hydrogens is 332 g/mol. The van der Waals surface area contributed by atoms with Crippen molar-refractivity contribution in [1.29, 1.82) is 0 Å². The van der Waals surface area contributed by atoms with Gasteiger partial charge in [0.15, 0.2) is 0 Å². The molecule has 2 heterocycles. The Bertz CT molecular complexity index is 689. The molecule has 0 radical (unpaired) electrons. The van der Waals surface area contributed by atoms with E-state index in [-0.39, 0.29) is 5.92 Å². The Kier molecular flexibility index (Phi) is 3.85. The van der Waals surface area contributed by atoms with Gasteiger partial charge in [0, 0.05) is 34.8 Å². The van der Waals surface area contributed by atoms with E-state index >= 15 is 0 Å². The van der Waals surface area contributed by atoms with Gasteiger partial charge in [-0.25, -0.2) is 0 Å². The number of hydrogen-bond acceptors (Lipinski definition) is 3. The van der Waals surface area contributed by atoms with Crippen LogP contribution < -0.4 is 4.90 Å². The molecule has 1 aromatic heterocycles. The monoisotopic (exact) mass is 348 g/mol. The first-order valence-corrected chi connectivity index (χ1v) is 7.86. The number of halogens is 1. The fourth-order valence-electron chi connectivity index (χ4n) is 3.11. The van der Waals surface area contributed by atoms with E-state index in [9.17, 15) is 9.90 Å². The minimum Gasteiger partial charge on any atom is -0.481 e. The van der Waals surface area contributed by atoms with Crippen molar-refractivity contribution < 1.29 is 9.90 Å². The number of nitrogens with zero attached hydrogens (tertiary/aromatic N) is 2. The van der Waals surface area contributed by atoms with Crippen LogP contribution in [0.3, 0.4) is 0 Å². The molecule has 0 spiro atoms. The highest BCUT2D eigenvalue weighted by Gasteiger charge is 2.30. The largest absolute Gasteiger partial charge is 0.481 e. The molecule has 3 rings (SSSR count). The number of carbonyl (C=O) groups is 1. The lowest BCUT2D eigenvalue weighted by Crippen LogP contribution is -2.42. The van der Waals surface area contributed by atoms with E-state index in [2.05, 4.69) is 32.7 Å². The third-order valence-electron chi connectivity index (χ3n) is 4.03. The number of aromatic nitrogens is 1. The van der Waals surface area contributed by atoms with Crippen molar-refractivity contribution in [3.63, 3.8) is 0 Å². The Labute approximate surface area is 131 Å². The van der Waals surface area contributed by atoms with Gasteiger partial charge in [0.25, 0.3) is 0 Å². The van der Waals surface area contributed by atoms with Crippen LogP contribution in [0.25, 0.3) is 10.9 Å². The molecule has 1 fully saturated rings. The van der Waals surface area contributed by atoms with Crippen LogP contribution in [0.2, 0.25) is 0 Å². The molecule has 110 valence electrons. The zero-order valence-electron chi connectivity index (χ0n) is 11.8. The molecule has 1 aromatic carbocycles. The molecule has 2 atom stereocenters. The summed E-state index contributed by atoms with van der Waals surface area (Å²) in [6.07, 6.45) is 2.54. The SMILES string of the molecule is CC1CC(C(=O)O)CN(c2ccnc3ccc(Br)cc23)C1. The third-order valence-corrected chi connectivity index (χ3v) is 4.52. The quantitative estimate of drug-likeness (QED) is 0.901. The van der Waals surface area contributed by atoms with Crippen molar-refractivity contribution in [3.05, 3.63) is 34.9 Å². The Balaban J connectivity index is 2.03. The van der Waals surface area contributed by atoms with E-state index in [0.717, 1.165) is 34.0 Å². The first-order valence-electron chi connectivity index (χ1n) is 7.06. The number of aliphatic carboxylic acids is 1. The van der Waals surface area contributed by atoms with Gasteiger partial charge in [-0.05, 0) is 36.6 Å². The van der Waals surface area contributed by atoms with E-state index in [1.165, 1.54) is 0 Å². The molecule has 2 unspecified atom stereocenters. The van der Waals surface area contributed by atoms with E-state index in [1.807, 2.05) is 24.3 Å². The number of fused-ring (bicyclic) bond motifs is 1. The predicted octanol–water partition coefficient (Wildman–Crippen LogP) is 3.54.